The number of ketones is 1. The maximum Gasteiger partial charge on any atom is 0.137 e. The summed E-state index contributed by atoms with van der Waals surface area (Å²) in [5.41, 5.74) is 0. The largest absolute Gasteiger partial charge is 0.299 e. The molecule has 0 saturated heterocycles. The van der Waals surface area contributed by atoms with Gasteiger partial charge in [-0.1, -0.05) is 27.7 Å². The van der Waals surface area contributed by atoms with E-state index in [-0.39, 0.29) is 0 Å². The molecular weight excluding hydrogens is 234 g/mol. The quantitative estimate of drug-likeness (QED) is 0.729. The predicted octanol–water partition coefficient (Wildman–Crippen LogP) is 3.75. The van der Waals surface area contributed by atoms with Crippen LogP contribution in [0.25, 0.3) is 0 Å². The van der Waals surface area contributed by atoms with Gasteiger partial charge in [0.25, 0.3) is 0 Å². The van der Waals surface area contributed by atoms with Crippen molar-refractivity contribution in [2.75, 3.05) is 13.1 Å². The maximum atomic E-state index is 12.2. The van der Waals surface area contributed by atoms with E-state index in [0.717, 1.165) is 43.7 Å². The van der Waals surface area contributed by atoms with E-state index in [2.05, 4.69) is 32.6 Å². The van der Waals surface area contributed by atoms with E-state index < -0.39 is 0 Å². The lowest BCUT2D eigenvalue weighted by Gasteiger charge is -2.34. The van der Waals surface area contributed by atoms with Crippen molar-refractivity contribution >= 4 is 5.78 Å². The molecule has 0 aliphatic heterocycles. The maximum absolute atomic E-state index is 12.2. The van der Waals surface area contributed by atoms with Crippen LogP contribution in [0.3, 0.4) is 0 Å². The number of Topliss-reactive ketones (excluding diaryl/α,β-unsaturated/α-hetero) is 1. The van der Waals surface area contributed by atoms with E-state index >= 15 is 0 Å². The smallest absolute Gasteiger partial charge is 0.137 e. The first kappa shape index (κ1) is 15.0. The standard InChI is InChI=1S/C17H31NO/c1-12(2)10-18(16-6-7-16)11-15-9-14(13(3)4)5-8-17(15)19/h12-16H,5-11H2,1-4H3. The van der Waals surface area contributed by atoms with Crippen molar-refractivity contribution in [3.05, 3.63) is 0 Å². The third-order valence-electron chi connectivity index (χ3n) is 4.86. The summed E-state index contributed by atoms with van der Waals surface area (Å²) in [4.78, 5) is 14.8. The van der Waals surface area contributed by atoms with Crippen molar-refractivity contribution in [2.45, 2.75) is 65.8 Å². The molecule has 2 aliphatic rings. The highest BCUT2D eigenvalue weighted by molar-refractivity contribution is 5.82. The van der Waals surface area contributed by atoms with Gasteiger partial charge in [-0.25, -0.2) is 0 Å². The zero-order chi connectivity index (χ0) is 14.0. The van der Waals surface area contributed by atoms with Crippen LogP contribution in [-0.4, -0.2) is 29.8 Å². The van der Waals surface area contributed by atoms with Gasteiger partial charge in [-0.15, -0.1) is 0 Å². The third-order valence-corrected chi connectivity index (χ3v) is 4.86. The average Bonchev–Trinajstić information content (AvgIpc) is 3.14. The van der Waals surface area contributed by atoms with Crippen molar-refractivity contribution in [1.29, 1.82) is 0 Å². The molecule has 0 N–H and O–H groups in total. The minimum Gasteiger partial charge on any atom is -0.299 e. The second-order valence-electron chi connectivity index (χ2n) is 7.52. The minimum absolute atomic E-state index is 0.320. The highest BCUT2D eigenvalue weighted by Gasteiger charge is 2.35. The van der Waals surface area contributed by atoms with Crippen molar-refractivity contribution in [3.8, 4) is 0 Å². The molecule has 2 nitrogen and oxygen atoms in total. The van der Waals surface area contributed by atoms with Crippen LogP contribution < -0.4 is 0 Å². The van der Waals surface area contributed by atoms with E-state index in [1.165, 1.54) is 19.4 Å². The number of nitrogens with zero attached hydrogens (tertiary/aromatic N) is 1. The van der Waals surface area contributed by atoms with Gasteiger partial charge >= 0.3 is 0 Å². The normalized spacial score (nSPS) is 28.7. The summed E-state index contributed by atoms with van der Waals surface area (Å²) < 4.78 is 0. The van der Waals surface area contributed by atoms with Gasteiger partial charge in [-0.2, -0.15) is 0 Å². The molecule has 2 rings (SSSR count). The Bertz CT molecular complexity index is 306. The summed E-state index contributed by atoms with van der Waals surface area (Å²) in [7, 11) is 0. The fraction of sp³-hybridized carbons (Fsp3) is 0.941. The topological polar surface area (TPSA) is 20.3 Å². The molecule has 0 aromatic heterocycles. The van der Waals surface area contributed by atoms with Gasteiger partial charge in [0.15, 0.2) is 0 Å². The molecule has 0 spiro atoms. The molecule has 2 unspecified atom stereocenters. The molecule has 0 bridgehead atoms. The first-order valence-electron chi connectivity index (χ1n) is 8.24. The van der Waals surface area contributed by atoms with Crippen molar-refractivity contribution < 1.29 is 4.79 Å². The van der Waals surface area contributed by atoms with Crippen molar-refractivity contribution in [2.24, 2.45) is 23.7 Å². The fourth-order valence-electron chi connectivity index (χ4n) is 3.49. The van der Waals surface area contributed by atoms with Crippen LogP contribution in [0.2, 0.25) is 0 Å². The third kappa shape index (κ3) is 4.30. The summed E-state index contributed by atoms with van der Waals surface area (Å²) >= 11 is 0. The Hall–Kier alpha value is -0.370. The van der Waals surface area contributed by atoms with E-state index in [9.17, 15) is 4.79 Å². The molecule has 0 heterocycles. The molecule has 2 fully saturated rings. The van der Waals surface area contributed by atoms with Crippen LogP contribution in [0.4, 0.5) is 0 Å². The van der Waals surface area contributed by atoms with E-state index in [1.54, 1.807) is 0 Å². The Labute approximate surface area is 118 Å². The Kier molecular flexibility index (Phi) is 5.05. The average molecular weight is 265 g/mol. The van der Waals surface area contributed by atoms with E-state index in [0.29, 0.717) is 17.6 Å². The lowest BCUT2D eigenvalue weighted by molar-refractivity contribution is -0.126. The lowest BCUT2D eigenvalue weighted by Crippen LogP contribution is -2.40. The van der Waals surface area contributed by atoms with Gasteiger partial charge in [0.1, 0.15) is 5.78 Å². The molecule has 0 aromatic carbocycles. The molecule has 2 aliphatic carbocycles. The van der Waals surface area contributed by atoms with Crippen LogP contribution in [0, 0.1) is 23.7 Å². The van der Waals surface area contributed by atoms with Crippen LogP contribution in [0.15, 0.2) is 0 Å². The SMILES string of the molecule is CC(C)CN(CC1CC(C(C)C)CCC1=O)C1CC1. The summed E-state index contributed by atoms with van der Waals surface area (Å²) in [5, 5.41) is 0. The molecular formula is C17H31NO. The van der Waals surface area contributed by atoms with Crippen LogP contribution in [0.1, 0.15) is 59.8 Å². The molecule has 2 heteroatoms. The first-order valence-corrected chi connectivity index (χ1v) is 8.24. The van der Waals surface area contributed by atoms with Gasteiger partial charge in [-0.05, 0) is 43.4 Å². The minimum atomic E-state index is 0.320. The number of hydrogen-bond donors (Lipinski definition) is 0. The molecule has 19 heavy (non-hydrogen) atoms. The lowest BCUT2D eigenvalue weighted by atomic mass is 9.75. The van der Waals surface area contributed by atoms with Gasteiger partial charge < -0.3 is 0 Å². The van der Waals surface area contributed by atoms with Crippen LogP contribution in [-0.2, 0) is 4.79 Å². The fourth-order valence-corrected chi connectivity index (χ4v) is 3.49. The predicted molar refractivity (Wildman–Crippen MR) is 80.1 cm³/mol. The molecule has 0 radical (unpaired) electrons. The molecule has 110 valence electrons. The highest BCUT2D eigenvalue weighted by atomic mass is 16.1. The Morgan fingerprint density at radius 3 is 2.37 bits per heavy atom. The molecule has 2 saturated carbocycles. The van der Waals surface area contributed by atoms with E-state index in [4.69, 9.17) is 0 Å². The monoisotopic (exact) mass is 265 g/mol. The molecule has 0 amide bonds. The Morgan fingerprint density at radius 1 is 1.16 bits per heavy atom. The first-order chi connectivity index (χ1) is 8.97. The Balaban J connectivity index is 1.92. The van der Waals surface area contributed by atoms with Gasteiger partial charge in [0.05, 0.1) is 0 Å². The summed E-state index contributed by atoms with van der Waals surface area (Å²) in [5.74, 6) is 3.06. The Morgan fingerprint density at radius 2 is 1.84 bits per heavy atom. The van der Waals surface area contributed by atoms with Crippen LogP contribution in [0.5, 0.6) is 0 Å². The summed E-state index contributed by atoms with van der Waals surface area (Å²) in [6, 6.07) is 0.787. The van der Waals surface area contributed by atoms with E-state index in [1.807, 2.05) is 0 Å². The molecule has 0 aromatic rings. The van der Waals surface area contributed by atoms with Gasteiger partial charge in [0, 0.05) is 31.5 Å². The van der Waals surface area contributed by atoms with Crippen LogP contribution >= 0.6 is 0 Å². The second-order valence-corrected chi connectivity index (χ2v) is 7.52. The zero-order valence-electron chi connectivity index (χ0n) is 13.2. The summed E-state index contributed by atoms with van der Waals surface area (Å²) in [6.07, 6.45) is 5.79. The second kappa shape index (κ2) is 6.39. The zero-order valence-corrected chi connectivity index (χ0v) is 13.2. The number of carbonyl (C=O) groups excluding carboxylic acids is 1. The number of rotatable bonds is 6. The summed E-state index contributed by atoms with van der Waals surface area (Å²) in [6.45, 7) is 11.4. The number of hydrogen-bond acceptors (Lipinski definition) is 2. The molecule has 2 atom stereocenters. The number of carbonyl (C=O) groups is 1. The highest BCUT2D eigenvalue weighted by Crippen LogP contribution is 2.35. The van der Waals surface area contributed by atoms with Crippen molar-refractivity contribution in [1.82, 2.24) is 4.90 Å². The van der Waals surface area contributed by atoms with Gasteiger partial charge in [-0.3, -0.25) is 9.69 Å². The van der Waals surface area contributed by atoms with Crippen molar-refractivity contribution in [3.63, 3.8) is 0 Å². The van der Waals surface area contributed by atoms with Gasteiger partial charge in [0.2, 0.25) is 0 Å².